The van der Waals surface area contributed by atoms with Crippen LogP contribution in [0.5, 0.6) is 0 Å². The van der Waals surface area contributed by atoms with Gasteiger partial charge in [-0.15, -0.1) is 11.3 Å². The van der Waals surface area contributed by atoms with Crippen LogP contribution < -0.4 is 10.6 Å². The minimum absolute atomic E-state index is 0.418. The number of hydrogen-bond donors (Lipinski definition) is 3. The molecule has 0 saturated heterocycles. The number of hydrogen-bond acceptors (Lipinski definition) is 4. The van der Waals surface area contributed by atoms with Crippen LogP contribution in [0.3, 0.4) is 0 Å². The summed E-state index contributed by atoms with van der Waals surface area (Å²) in [5.74, 6) is -0.836. The summed E-state index contributed by atoms with van der Waals surface area (Å²) in [6.07, 6.45) is 0. The lowest BCUT2D eigenvalue weighted by molar-refractivity contribution is -0.139. The number of thiophene rings is 1. The van der Waals surface area contributed by atoms with E-state index in [1.807, 2.05) is 12.1 Å². The van der Waals surface area contributed by atoms with Gasteiger partial charge in [0, 0.05) is 18.0 Å². The highest BCUT2D eigenvalue weighted by atomic mass is 79.9. The summed E-state index contributed by atoms with van der Waals surface area (Å²) in [6, 6.07) is 3.46. The molecular formula is C9H13BrN2O2S. The first kappa shape index (κ1) is 12.6. The Morgan fingerprint density at radius 3 is 2.87 bits per heavy atom. The van der Waals surface area contributed by atoms with Crippen molar-refractivity contribution in [2.75, 3.05) is 13.6 Å². The van der Waals surface area contributed by atoms with E-state index in [4.69, 9.17) is 5.11 Å². The highest BCUT2D eigenvalue weighted by molar-refractivity contribution is 9.11. The summed E-state index contributed by atoms with van der Waals surface area (Å²) in [5, 5.41) is 14.6. The Hall–Kier alpha value is -0.430. The van der Waals surface area contributed by atoms with Gasteiger partial charge in [-0.2, -0.15) is 0 Å². The fourth-order valence-electron chi connectivity index (χ4n) is 1.10. The van der Waals surface area contributed by atoms with Crippen LogP contribution in [0.1, 0.15) is 4.88 Å². The molecule has 0 amide bonds. The molecule has 15 heavy (non-hydrogen) atoms. The van der Waals surface area contributed by atoms with Gasteiger partial charge in [0.25, 0.3) is 0 Å². The van der Waals surface area contributed by atoms with Gasteiger partial charge >= 0.3 is 5.97 Å². The van der Waals surface area contributed by atoms with Crippen molar-refractivity contribution in [2.45, 2.75) is 12.6 Å². The molecule has 1 unspecified atom stereocenters. The van der Waals surface area contributed by atoms with Crippen LogP contribution in [0, 0.1) is 0 Å². The van der Waals surface area contributed by atoms with E-state index in [1.165, 1.54) is 4.88 Å². The summed E-state index contributed by atoms with van der Waals surface area (Å²) >= 11 is 5.02. The molecule has 1 heterocycles. The third-order valence-corrected chi connectivity index (χ3v) is 3.55. The smallest absolute Gasteiger partial charge is 0.322 e. The van der Waals surface area contributed by atoms with Crippen molar-refractivity contribution in [3.05, 3.63) is 20.8 Å². The Morgan fingerprint density at radius 1 is 1.67 bits per heavy atom. The molecule has 0 saturated carbocycles. The van der Waals surface area contributed by atoms with Crippen molar-refractivity contribution < 1.29 is 9.90 Å². The third-order valence-electron chi connectivity index (χ3n) is 1.92. The highest BCUT2D eigenvalue weighted by Crippen LogP contribution is 2.21. The maximum absolute atomic E-state index is 10.7. The molecule has 6 heteroatoms. The molecule has 1 aromatic heterocycles. The van der Waals surface area contributed by atoms with Gasteiger partial charge in [0.2, 0.25) is 0 Å². The van der Waals surface area contributed by atoms with E-state index in [0.717, 1.165) is 3.79 Å². The predicted octanol–water partition coefficient (Wildman–Crippen LogP) is 1.27. The first-order chi connectivity index (χ1) is 7.13. The molecular weight excluding hydrogens is 280 g/mol. The van der Waals surface area contributed by atoms with E-state index in [1.54, 1.807) is 18.4 Å². The monoisotopic (exact) mass is 292 g/mol. The first-order valence-electron chi connectivity index (χ1n) is 4.48. The van der Waals surface area contributed by atoms with E-state index in [-0.39, 0.29) is 0 Å². The van der Waals surface area contributed by atoms with E-state index in [9.17, 15) is 4.79 Å². The van der Waals surface area contributed by atoms with Crippen LogP contribution in [0.15, 0.2) is 15.9 Å². The zero-order valence-corrected chi connectivity index (χ0v) is 10.7. The molecule has 4 nitrogen and oxygen atoms in total. The maximum Gasteiger partial charge on any atom is 0.322 e. The predicted molar refractivity (Wildman–Crippen MR) is 64.2 cm³/mol. The normalized spacial score (nSPS) is 12.7. The Morgan fingerprint density at radius 2 is 2.40 bits per heavy atom. The SMILES string of the molecule is CNC(CNCc1ccc(Br)s1)C(=O)O. The summed E-state index contributed by atoms with van der Waals surface area (Å²) < 4.78 is 1.09. The van der Waals surface area contributed by atoms with Gasteiger partial charge in [-0.05, 0) is 35.1 Å². The Labute approximate surface area is 101 Å². The lowest BCUT2D eigenvalue weighted by atomic mass is 10.3. The number of carboxylic acids is 1. The van der Waals surface area contributed by atoms with Crippen LogP contribution in [0.25, 0.3) is 0 Å². The second-order valence-electron chi connectivity index (χ2n) is 3.02. The molecule has 0 radical (unpaired) electrons. The second kappa shape index (κ2) is 6.22. The minimum Gasteiger partial charge on any atom is -0.480 e. The van der Waals surface area contributed by atoms with Crippen LogP contribution in [0.2, 0.25) is 0 Å². The van der Waals surface area contributed by atoms with Gasteiger partial charge in [0.05, 0.1) is 3.79 Å². The van der Waals surface area contributed by atoms with Crippen molar-refractivity contribution in [1.82, 2.24) is 10.6 Å². The zero-order valence-electron chi connectivity index (χ0n) is 8.29. The molecule has 0 bridgehead atoms. The van der Waals surface area contributed by atoms with Crippen molar-refractivity contribution in [3.63, 3.8) is 0 Å². The van der Waals surface area contributed by atoms with Crippen LogP contribution in [-0.2, 0) is 11.3 Å². The lowest BCUT2D eigenvalue weighted by Crippen LogP contribution is -2.42. The Balaban J connectivity index is 2.29. The molecule has 0 aliphatic rings. The topological polar surface area (TPSA) is 61.4 Å². The van der Waals surface area contributed by atoms with Crippen LogP contribution in [-0.4, -0.2) is 30.7 Å². The molecule has 0 spiro atoms. The van der Waals surface area contributed by atoms with Gasteiger partial charge in [-0.1, -0.05) is 0 Å². The minimum atomic E-state index is -0.836. The molecule has 1 aromatic rings. The number of nitrogens with one attached hydrogen (secondary N) is 2. The fourth-order valence-corrected chi connectivity index (χ4v) is 2.55. The average Bonchev–Trinajstić information content (AvgIpc) is 2.58. The summed E-state index contributed by atoms with van der Waals surface area (Å²) in [6.45, 7) is 1.11. The number of aliphatic carboxylic acids is 1. The quantitative estimate of drug-likeness (QED) is 0.739. The zero-order chi connectivity index (χ0) is 11.3. The van der Waals surface area contributed by atoms with Crippen LogP contribution in [0.4, 0.5) is 0 Å². The molecule has 1 atom stereocenters. The van der Waals surface area contributed by atoms with Gasteiger partial charge in [-0.3, -0.25) is 4.79 Å². The fraction of sp³-hybridized carbons (Fsp3) is 0.444. The van der Waals surface area contributed by atoms with Crippen molar-refractivity contribution in [2.24, 2.45) is 0 Å². The summed E-state index contributed by atoms with van der Waals surface area (Å²) in [4.78, 5) is 11.9. The first-order valence-corrected chi connectivity index (χ1v) is 6.09. The number of rotatable bonds is 6. The maximum atomic E-state index is 10.7. The number of carbonyl (C=O) groups is 1. The van der Waals surface area contributed by atoms with E-state index in [2.05, 4.69) is 26.6 Å². The molecule has 84 valence electrons. The highest BCUT2D eigenvalue weighted by Gasteiger charge is 2.13. The van der Waals surface area contributed by atoms with Crippen molar-refractivity contribution in [1.29, 1.82) is 0 Å². The summed E-state index contributed by atoms with van der Waals surface area (Å²) in [5.41, 5.74) is 0. The number of halogens is 1. The van der Waals surface area contributed by atoms with Gasteiger partial charge in [0.1, 0.15) is 6.04 Å². The van der Waals surface area contributed by atoms with Gasteiger partial charge in [0.15, 0.2) is 0 Å². The van der Waals surface area contributed by atoms with Gasteiger partial charge < -0.3 is 15.7 Å². The second-order valence-corrected chi connectivity index (χ2v) is 5.56. The van der Waals surface area contributed by atoms with Crippen LogP contribution >= 0.6 is 27.3 Å². The number of carboxylic acid groups (broad SMARTS) is 1. The van der Waals surface area contributed by atoms with Gasteiger partial charge in [-0.25, -0.2) is 0 Å². The number of likely N-dealkylation sites (N-methyl/N-ethyl adjacent to an activating group) is 1. The molecule has 0 aliphatic heterocycles. The third kappa shape index (κ3) is 4.29. The Bertz CT molecular complexity index is 330. The molecule has 1 rings (SSSR count). The van der Waals surface area contributed by atoms with Crippen molar-refractivity contribution in [3.8, 4) is 0 Å². The largest absolute Gasteiger partial charge is 0.480 e. The molecule has 0 aliphatic carbocycles. The van der Waals surface area contributed by atoms with E-state index in [0.29, 0.717) is 13.1 Å². The summed E-state index contributed by atoms with van der Waals surface area (Å²) in [7, 11) is 1.64. The molecule has 3 N–H and O–H groups in total. The van der Waals surface area contributed by atoms with E-state index >= 15 is 0 Å². The standard InChI is InChI=1S/C9H13BrN2O2S/c1-11-7(9(13)14)5-12-4-6-2-3-8(10)15-6/h2-3,7,11-12H,4-5H2,1H3,(H,13,14). The lowest BCUT2D eigenvalue weighted by Gasteiger charge is -2.11. The average molecular weight is 293 g/mol. The molecule has 0 fully saturated rings. The Kier molecular flexibility index (Phi) is 5.24. The van der Waals surface area contributed by atoms with Crippen molar-refractivity contribution >= 4 is 33.2 Å². The molecule has 0 aromatic carbocycles. The van der Waals surface area contributed by atoms with E-state index < -0.39 is 12.0 Å².